The van der Waals surface area contributed by atoms with Crippen LogP contribution in [0.4, 0.5) is 5.69 Å². The Morgan fingerprint density at radius 2 is 2.13 bits per heavy atom. The normalized spacial score (nSPS) is 18.7. The summed E-state index contributed by atoms with van der Waals surface area (Å²) in [5, 5.41) is 0. The van der Waals surface area contributed by atoms with Gasteiger partial charge >= 0.3 is 0 Å². The molecule has 5 heteroatoms. The lowest BCUT2D eigenvalue weighted by Crippen LogP contribution is -2.36. The Labute approximate surface area is 89.5 Å². The van der Waals surface area contributed by atoms with Gasteiger partial charge in [-0.1, -0.05) is 12.1 Å². The first-order valence-corrected chi connectivity index (χ1v) is 6.32. The van der Waals surface area contributed by atoms with E-state index in [-0.39, 0.29) is 5.75 Å². The molecular weight excluding hydrogens is 214 g/mol. The van der Waals surface area contributed by atoms with Crippen LogP contribution in [0.2, 0.25) is 0 Å². The number of nitrogens with zero attached hydrogens (tertiary/aromatic N) is 1. The maximum atomic E-state index is 11.7. The zero-order chi connectivity index (χ0) is 11.1. The third-order valence-electron chi connectivity index (χ3n) is 2.49. The first-order chi connectivity index (χ1) is 7.04. The summed E-state index contributed by atoms with van der Waals surface area (Å²) in [7, 11) is -1.92. The van der Waals surface area contributed by atoms with Crippen molar-refractivity contribution in [3.05, 3.63) is 29.3 Å². The van der Waals surface area contributed by atoms with Gasteiger partial charge in [-0.25, -0.2) is 8.42 Å². The van der Waals surface area contributed by atoms with Crippen molar-refractivity contribution < 1.29 is 13.3 Å². The largest absolute Gasteiger partial charge is 0.262 e. The number of fused-ring (bicyclic) bond motifs is 1. The highest BCUT2D eigenvalue weighted by Crippen LogP contribution is 2.30. The number of hydrogen-bond donors (Lipinski definition) is 0. The van der Waals surface area contributed by atoms with Crippen molar-refractivity contribution in [1.29, 1.82) is 0 Å². The van der Waals surface area contributed by atoms with E-state index in [1.54, 1.807) is 0 Å². The molecule has 1 aliphatic heterocycles. The molecule has 1 aromatic carbocycles. The first kappa shape index (κ1) is 10.4. The molecule has 0 saturated heterocycles. The van der Waals surface area contributed by atoms with Crippen LogP contribution in [0.1, 0.15) is 11.1 Å². The molecule has 0 aliphatic carbocycles. The van der Waals surface area contributed by atoms with Gasteiger partial charge in [0.1, 0.15) is 0 Å². The molecule has 0 radical (unpaired) electrons. The van der Waals surface area contributed by atoms with Crippen molar-refractivity contribution in [2.45, 2.75) is 13.3 Å². The molecule has 4 nitrogen and oxygen atoms in total. The molecule has 82 valence electrons. The molecule has 0 unspecified atom stereocenters. The molecule has 15 heavy (non-hydrogen) atoms. The molecule has 0 saturated carbocycles. The van der Waals surface area contributed by atoms with E-state index in [0.29, 0.717) is 12.1 Å². The van der Waals surface area contributed by atoms with Crippen molar-refractivity contribution in [2.75, 3.05) is 17.3 Å². The van der Waals surface area contributed by atoms with E-state index in [1.165, 1.54) is 7.11 Å². The van der Waals surface area contributed by atoms with Gasteiger partial charge in [0.2, 0.25) is 0 Å². The minimum absolute atomic E-state index is 0.108. The molecule has 0 atom stereocenters. The number of rotatable bonds is 1. The summed E-state index contributed by atoms with van der Waals surface area (Å²) in [6.07, 6.45) is 0.553. The molecule has 0 bridgehead atoms. The third-order valence-corrected chi connectivity index (χ3v) is 4.06. The molecule has 1 aromatic rings. The Kier molecular flexibility index (Phi) is 2.44. The Hall–Kier alpha value is -1.07. The Balaban J connectivity index is 2.59. The zero-order valence-corrected chi connectivity index (χ0v) is 9.54. The number of sulfonamides is 1. The molecule has 2 rings (SSSR count). The van der Waals surface area contributed by atoms with Crippen molar-refractivity contribution >= 4 is 15.7 Å². The standard InChI is InChI=1S/C10H13NO3S/c1-8-3-4-9-5-6-15(12,13)11(14-2)10(9)7-8/h3-4,7H,5-6H2,1-2H3. The molecule has 0 spiro atoms. The van der Waals surface area contributed by atoms with Crippen molar-refractivity contribution in [2.24, 2.45) is 0 Å². The molecule has 0 amide bonds. The highest BCUT2D eigenvalue weighted by molar-refractivity contribution is 7.92. The van der Waals surface area contributed by atoms with Gasteiger partial charge < -0.3 is 0 Å². The van der Waals surface area contributed by atoms with E-state index < -0.39 is 10.0 Å². The van der Waals surface area contributed by atoms with E-state index in [0.717, 1.165) is 15.6 Å². The summed E-state index contributed by atoms with van der Waals surface area (Å²) in [5.74, 6) is 0.108. The van der Waals surface area contributed by atoms with E-state index in [1.807, 2.05) is 25.1 Å². The van der Waals surface area contributed by atoms with Crippen molar-refractivity contribution in [3.63, 3.8) is 0 Å². The number of aryl methyl sites for hydroxylation is 2. The topological polar surface area (TPSA) is 46.6 Å². The lowest BCUT2D eigenvalue weighted by Gasteiger charge is -2.28. The van der Waals surface area contributed by atoms with E-state index >= 15 is 0 Å². The molecule has 0 N–H and O–H groups in total. The van der Waals surface area contributed by atoms with E-state index in [9.17, 15) is 8.42 Å². The zero-order valence-electron chi connectivity index (χ0n) is 8.73. The van der Waals surface area contributed by atoms with Crippen LogP contribution < -0.4 is 4.47 Å². The van der Waals surface area contributed by atoms with Crippen LogP contribution in [0, 0.1) is 6.92 Å². The fourth-order valence-corrected chi connectivity index (χ4v) is 3.08. The monoisotopic (exact) mass is 227 g/mol. The number of anilines is 1. The van der Waals surface area contributed by atoms with Crippen LogP contribution >= 0.6 is 0 Å². The first-order valence-electron chi connectivity index (χ1n) is 4.71. The second kappa shape index (κ2) is 3.50. The van der Waals surface area contributed by atoms with Crippen LogP contribution in [0.15, 0.2) is 18.2 Å². The van der Waals surface area contributed by atoms with Gasteiger partial charge in [0.05, 0.1) is 18.6 Å². The summed E-state index contributed by atoms with van der Waals surface area (Å²) in [5.41, 5.74) is 2.67. The summed E-state index contributed by atoms with van der Waals surface area (Å²) >= 11 is 0. The van der Waals surface area contributed by atoms with Crippen molar-refractivity contribution in [3.8, 4) is 0 Å². The summed E-state index contributed by atoms with van der Waals surface area (Å²) < 4.78 is 24.4. The molecule has 0 aromatic heterocycles. The molecular formula is C10H13NO3S. The lowest BCUT2D eigenvalue weighted by molar-refractivity contribution is 0.214. The van der Waals surface area contributed by atoms with Gasteiger partial charge in [0.25, 0.3) is 10.0 Å². The Morgan fingerprint density at radius 1 is 1.40 bits per heavy atom. The maximum Gasteiger partial charge on any atom is 0.257 e. The van der Waals surface area contributed by atoms with E-state index in [4.69, 9.17) is 4.84 Å². The minimum atomic E-state index is -3.29. The van der Waals surface area contributed by atoms with Gasteiger partial charge in [-0.2, -0.15) is 0 Å². The lowest BCUT2D eigenvalue weighted by atomic mass is 10.1. The van der Waals surface area contributed by atoms with Crippen molar-refractivity contribution in [1.82, 2.24) is 0 Å². The van der Waals surface area contributed by atoms with E-state index in [2.05, 4.69) is 0 Å². The smallest absolute Gasteiger partial charge is 0.257 e. The van der Waals surface area contributed by atoms with Crippen LogP contribution in [0.5, 0.6) is 0 Å². The van der Waals surface area contributed by atoms with Gasteiger partial charge in [-0.15, -0.1) is 4.47 Å². The Morgan fingerprint density at radius 3 is 2.80 bits per heavy atom. The predicted molar refractivity (Wildman–Crippen MR) is 58.2 cm³/mol. The highest BCUT2D eigenvalue weighted by Gasteiger charge is 2.29. The van der Waals surface area contributed by atoms with Crippen LogP contribution in [0.25, 0.3) is 0 Å². The maximum absolute atomic E-state index is 11.7. The van der Waals surface area contributed by atoms with Gasteiger partial charge in [0, 0.05) is 0 Å². The van der Waals surface area contributed by atoms with Crippen LogP contribution in [-0.2, 0) is 21.3 Å². The van der Waals surface area contributed by atoms with Gasteiger partial charge in [-0.05, 0) is 30.5 Å². The SMILES string of the molecule is CON1c2cc(C)ccc2CCS1(=O)=O. The summed E-state index contributed by atoms with van der Waals surface area (Å²) in [6.45, 7) is 1.93. The molecule has 1 heterocycles. The Bertz CT molecular complexity index is 481. The average molecular weight is 227 g/mol. The predicted octanol–water partition coefficient (Wildman–Crippen LogP) is 1.25. The number of benzene rings is 1. The fourth-order valence-electron chi connectivity index (χ4n) is 1.74. The van der Waals surface area contributed by atoms with Crippen LogP contribution in [0.3, 0.4) is 0 Å². The molecule has 1 aliphatic rings. The second-order valence-electron chi connectivity index (χ2n) is 3.61. The fraction of sp³-hybridized carbons (Fsp3) is 0.400. The van der Waals surface area contributed by atoms with Crippen LogP contribution in [-0.4, -0.2) is 21.3 Å². The van der Waals surface area contributed by atoms with Gasteiger partial charge in [-0.3, -0.25) is 4.84 Å². The number of hydrogen-bond acceptors (Lipinski definition) is 3. The summed E-state index contributed by atoms with van der Waals surface area (Å²) in [4.78, 5) is 4.93. The minimum Gasteiger partial charge on any atom is -0.262 e. The summed E-state index contributed by atoms with van der Waals surface area (Å²) in [6, 6.07) is 5.76. The quantitative estimate of drug-likeness (QED) is 0.725. The molecule has 0 fully saturated rings. The third kappa shape index (κ3) is 1.72. The average Bonchev–Trinajstić information content (AvgIpc) is 2.16. The second-order valence-corrected chi connectivity index (χ2v) is 5.51. The highest BCUT2D eigenvalue weighted by atomic mass is 32.2. The van der Waals surface area contributed by atoms with Gasteiger partial charge in [0.15, 0.2) is 0 Å².